The standard InChI is InChI=1S/C14H16FN3S/c1-19-14-17-9-11(10-18-14)8-16-7-6-12-4-2-3-5-13(12)15/h2-5,9-10,16H,6-8H2,1H3. The van der Waals surface area contributed by atoms with Crippen LogP contribution in [0.25, 0.3) is 0 Å². The number of aromatic nitrogens is 2. The molecule has 0 aliphatic rings. The van der Waals surface area contributed by atoms with Gasteiger partial charge in [0.15, 0.2) is 5.16 Å². The average Bonchev–Trinajstić information content (AvgIpc) is 2.46. The summed E-state index contributed by atoms with van der Waals surface area (Å²) in [6, 6.07) is 6.86. The van der Waals surface area contributed by atoms with Gasteiger partial charge >= 0.3 is 0 Å². The Morgan fingerprint density at radius 3 is 2.63 bits per heavy atom. The molecule has 3 nitrogen and oxygen atoms in total. The molecule has 0 saturated carbocycles. The molecule has 0 fully saturated rings. The van der Waals surface area contributed by atoms with Crippen LogP contribution in [-0.4, -0.2) is 22.8 Å². The largest absolute Gasteiger partial charge is 0.312 e. The molecule has 19 heavy (non-hydrogen) atoms. The smallest absolute Gasteiger partial charge is 0.187 e. The summed E-state index contributed by atoms with van der Waals surface area (Å²) in [5.74, 6) is -0.142. The van der Waals surface area contributed by atoms with Crippen LogP contribution in [-0.2, 0) is 13.0 Å². The van der Waals surface area contributed by atoms with Gasteiger partial charge in [-0.25, -0.2) is 14.4 Å². The Balaban J connectivity index is 1.76. The number of hydrogen-bond acceptors (Lipinski definition) is 4. The van der Waals surface area contributed by atoms with Gasteiger partial charge in [-0.3, -0.25) is 0 Å². The number of nitrogens with one attached hydrogen (secondary N) is 1. The first kappa shape index (κ1) is 14.0. The van der Waals surface area contributed by atoms with E-state index in [9.17, 15) is 4.39 Å². The molecule has 0 amide bonds. The Morgan fingerprint density at radius 2 is 1.95 bits per heavy atom. The fourth-order valence-electron chi connectivity index (χ4n) is 1.70. The summed E-state index contributed by atoms with van der Waals surface area (Å²) in [6.45, 7) is 1.42. The van der Waals surface area contributed by atoms with E-state index < -0.39 is 0 Å². The Labute approximate surface area is 116 Å². The summed E-state index contributed by atoms with van der Waals surface area (Å²) in [4.78, 5) is 8.40. The van der Waals surface area contributed by atoms with Crippen LogP contribution >= 0.6 is 11.8 Å². The zero-order valence-corrected chi connectivity index (χ0v) is 11.6. The molecule has 1 N–H and O–H groups in total. The highest BCUT2D eigenvalue weighted by atomic mass is 32.2. The molecule has 2 rings (SSSR count). The predicted octanol–water partition coefficient (Wildman–Crippen LogP) is 2.67. The molecule has 5 heteroatoms. The van der Waals surface area contributed by atoms with E-state index in [0.29, 0.717) is 13.0 Å². The summed E-state index contributed by atoms with van der Waals surface area (Å²) >= 11 is 1.52. The molecule has 100 valence electrons. The highest BCUT2D eigenvalue weighted by Crippen LogP contribution is 2.08. The lowest BCUT2D eigenvalue weighted by atomic mass is 10.1. The summed E-state index contributed by atoms with van der Waals surface area (Å²) in [7, 11) is 0. The van der Waals surface area contributed by atoms with Crippen molar-refractivity contribution in [1.82, 2.24) is 15.3 Å². The number of hydrogen-bond donors (Lipinski definition) is 1. The Bertz CT molecular complexity index is 516. The van der Waals surface area contributed by atoms with Crippen molar-refractivity contribution in [2.24, 2.45) is 0 Å². The average molecular weight is 277 g/mol. The summed E-state index contributed by atoms with van der Waals surface area (Å²) < 4.78 is 13.4. The summed E-state index contributed by atoms with van der Waals surface area (Å²) in [5.41, 5.74) is 1.77. The normalized spacial score (nSPS) is 10.6. The molecule has 1 aromatic heterocycles. The third kappa shape index (κ3) is 4.29. The number of rotatable bonds is 6. The van der Waals surface area contributed by atoms with Gasteiger partial charge in [-0.1, -0.05) is 30.0 Å². The molecule has 0 radical (unpaired) electrons. The molecule has 0 spiro atoms. The van der Waals surface area contributed by atoms with Gasteiger partial charge in [0.1, 0.15) is 5.82 Å². The zero-order chi connectivity index (χ0) is 13.5. The Morgan fingerprint density at radius 1 is 1.21 bits per heavy atom. The van der Waals surface area contributed by atoms with Crippen LogP contribution in [0.3, 0.4) is 0 Å². The van der Waals surface area contributed by atoms with Gasteiger partial charge in [0.25, 0.3) is 0 Å². The molecular weight excluding hydrogens is 261 g/mol. The summed E-state index contributed by atoms with van der Waals surface area (Å²) in [6.07, 6.45) is 6.25. The monoisotopic (exact) mass is 277 g/mol. The van der Waals surface area contributed by atoms with Crippen molar-refractivity contribution in [2.75, 3.05) is 12.8 Å². The maximum absolute atomic E-state index is 13.4. The molecule has 0 bridgehead atoms. The van der Waals surface area contributed by atoms with Gasteiger partial charge in [0.05, 0.1) is 0 Å². The SMILES string of the molecule is CSc1ncc(CNCCc2ccccc2F)cn1. The highest BCUT2D eigenvalue weighted by Gasteiger charge is 2.00. The van der Waals surface area contributed by atoms with E-state index in [2.05, 4.69) is 15.3 Å². The number of benzene rings is 1. The van der Waals surface area contributed by atoms with Gasteiger partial charge in [-0.2, -0.15) is 0 Å². The van der Waals surface area contributed by atoms with Crippen molar-refractivity contribution in [3.8, 4) is 0 Å². The van der Waals surface area contributed by atoms with Gasteiger partial charge in [0.2, 0.25) is 0 Å². The van der Waals surface area contributed by atoms with Crippen molar-refractivity contribution >= 4 is 11.8 Å². The van der Waals surface area contributed by atoms with Crippen molar-refractivity contribution < 1.29 is 4.39 Å². The second-order valence-corrected chi connectivity index (χ2v) is 4.87. The number of thioether (sulfide) groups is 1. The molecule has 0 unspecified atom stereocenters. The van der Waals surface area contributed by atoms with Crippen LogP contribution in [0.4, 0.5) is 4.39 Å². The van der Waals surface area contributed by atoms with E-state index in [1.165, 1.54) is 17.8 Å². The second-order valence-electron chi connectivity index (χ2n) is 4.10. The van der Waals surface area contributed by atoms with Crippen molar-refractivity contribution in [2.45, 2.75) is 18.1 Å². The third-order valence-corrected chi connectivity index (χ3v) is 3.30. The third-order valence-electron chi connectivity index (χ3n) is 2.72. The molecule has 0 aliphatic carbocycles. The maximum atomic E-state index is 13.4. The first-order valence-corrected chi connectivity index (χ1v) is 7.31. The minimum atomic E-state index is -0.142. The minimum absolute atomic E-state index is 0.142. The number of halogens is 1. The summed E-state index contributed by atoms with van der Waals surface area (Å²) in [5, 5.41) is 4.03. The first-order valence-electron chi connectivity index (χ1n) is 6.08. The van der Waals surface area contributed by atoms with E-state index in [0.717, 1.165) is 22.8 Å². The van der Waals surface area contributed by atoms with Crippen molar-refractivity contribution in [3.63, 3.8) is 0 Å². The van der Waals surface area contributed by atoms with E-state index in [1.54, 1.807) is 6.07 Å². The van der Waals surface area contributed by atoms with Crippen LogP contribution in [0, 0.1) is 5.82 Å². The van der Waals surface area contributed by atoms with E-state index in [-0.39, 0.29) is 5.82 Å². The lowest BCUT2D eigenvalue weighted by molar-refractivity contribution is 0.597. The fourth-order valence-corrected chi connectivity index (χ4v) is 2.01. The second kappa shape index (κ2) is 7.21. The first-order chi connectivity index (χ1) is 9.29. The lowest BCUT2D eigenvalue weighted by Gasteiger charge is -2.05. The molecule has 0 saturated heterocycles. The van der Waals surface area contributed by atoms with Crippen LogP contribution in [0.1, 0.15) is 11.1 Å². The lowest BCUT2D eigenvalue weighted by Crippen LogP contribution is -2.17. The van der Waals surface area contributed by atoms with Crippen molar-refractivity contribution in [1.29, 1.82) is 0 Å². The van der Waals surface area contributed by atoms with Gasteiger partial charge in [0, 0.05) is 24.5 Å². The van der Waals surface area contributed by atoms with Gasteiger partial charge in [-0.15, -0.1) is 0 Å². The Kier molecular flexibility index (Phi) is 5.30. The van der Waals surface area contributed by atoms with Crippen molar-refractivity contribution in [3.05, 3.63) is 53.6 Å². The topological polar surface area (TPSA) is 37.8 Å². The van der Waals surface area contributed by atoms with Crippen LogP contribution in [0.15, 0.2) is 41.8 Å². The maximum Gasteiger partial charge on any atom is 0.187 e. The Hall–Kier alpha value is -1.46. The molecule has 2 aromatic rings. The molecule has 0 atom stereocenters. The molecule has 0 aliphatic heterocycles. The minimum Gasteiger partial charge on any atom is -0.312 e. The quantitative estimate of drug-likeness (QED) is 0.500. The number of nitrogens with zero attached hydrogens (tertiary/aromatic N) is 2. The molecule has 1 aromatic carbocycles. The highest BCUT2D eigenvalue weighted by molar-refractivity contribution is 7.98. The van der Waals surface area contributed by atoms with Gasteiger partial charge < -0.3 is 5.32 Å². The van der Waals surface area contributed by atoms with Gasteiger partial charge in [-0.05, 0) is 30.9 Å². The molecule has 1 heterocycles. The van der Waals surface area contributed by atoms with E-state index in [4.69, 9.17) is 0 Å². The van der Waals surface area contributed by atoms with Crippen LogP contribution in [0.5, 0.6) is 0 Å². The predicted molar refractivity (Wildman–Crippen MR) is 75.6 cm³/mol. The van der Waals surface area contributed by atoms with E-state index in [1.807, 2.05) is 30.8 Å². The van der Waals surface area contributed by atoms with Crippen LogP contribution < -0.4 is 5.32 Å². The van der Waals surface area contributed by atoms with E-state index >= 15 is 0 Å². The van der Waals surface area contributed by atoms with Crippen LogP contribution in [0.2, 0.25) is 0 Å². The fraction of sp³-hybridized carbons (Fsp3) is 0.286. The molecular formula is C14H16FN3S. The zero-order valence-electron chi connectivity index (χ0n) is 10.8.